The number of nitrogens with one attached hydrogen (secondary N) is 1. The van der Waals surface area contributed by atoms with Crippen LogP contribution in [0.1, 0.15) is 39.4 Å². The third-order valence-electron chi connectivity index (χ3n) is 3.92. The number of carbonyl (C=O) groups is 2. The Kier molecular flexibility index (Phi) is 5.11. The average Bonchev–Trinajstić information content (AvgIpc) is 2.93. The Morgan fingerprint density at radius 1 is 1.36 bits per heavy atom. The number of rotatable bonds is 4. The molecule has 1 aromatic rings. The molecule has 22 heavy (non-hydrogen) atoms. The molecule has 1 aliphatic rings. The molecule has 2 rings (SSSR count). The number of hydrogen-bond donors (Lipinski definition) is 1. The van der Waals surface area contributed by atoms with Crippen molar-refractivity contribution < 1.29 is 14.3 Å². The van der Waals surface area contributed by atoms with E-state index in [2.05, 4.69) is 9.88 Å². The van der Waals surface area contributed by atoms with E-state index in [1.165, 1.54) is 0 Å². The number of esters is 1. The van der Waals surface area contributed by atoms with Crippen molar-refractivity contribution in [3.63, 3.8) is 0 Å². The minimum Gasteiger partial charge on any atom is -0.463 e. The van der Waals surface area contributed by atoms with Gasteiger partial charge in [0, 0.05) is 31.5 Å². The molecule has 0 saturated carbocycles. The topological polar surface area (TPSA) is 63.6 Å². The number of fused-ring (bicyclic) bond motifs is 1. The molecule has 1 aromatic heterocycles. The first kappa shape index (κ1) is 16.4. The van der Waals surface area contributed by atoms with Crippen LogP contribution in [-0.2, 0) is 16.1 Å². The fourth-order valence-electron chi connectivity index (χ4n) is 2.63. The van der Waals surface area contributed by atoms with Crippen LogP contribution in [0.15, 0.2) is 18.3 Å². The zero-order valence-corrected chi connectivity index (χ0v) is 13.7. The number of ether oxygens (including phenoxy) is 1. The van der Waals surface area contributed by atoms with Crippen LogP contribution in [0.4, 0.5) is 4.79 Å². The summed E-state index contributed by atoms with van der Waals surface area (Å²) in [4.78, 5) is 25.9. The van der Waals surface area contributed by atoms with E-state index in [0.29, 0.717) is 6.54 Å². The first-order valence-corrected chi connectivity index (χ1v) is 7.80. The summed E-state index contributed by atoms with van der Waals surface area (Å²) in [5, 5.41) is 2.84. The molecule has 1 aliphatic heterocycles. The van der Waals surface area contributed by atoms with E-state index >= 15 is 0 Å². The van der Waals surface area contributed by atoms with E-state index in [0.717, 1.165) is 12.2 Å². The highest BCUT2D eigenvalue weighted by Crippen LogP contribution is 2.25. The van der Waals surface area contributed by atoms with Crippen LogP contribution in [0.25, 0.3) is 0 Å². The predicted molar refractivity (Wildman–Crippen MR) is 83.3 cm³/mol. The molecule has 0 spiro atoms. The third-order valence-corrected chi connectivity index (χ3v) is 3.92. The number of carbonyl (C=O) groups excluding carboxylic acids is 2. The maximum atomic E-state index is 12.3. The van der Waals surface area contributed by atoms with Gasteiger partial charge < -0.3 is 19.5 Å². The minimum atomic E-state index is -0.352. The molecule has 0 aromatic carbocycles. The summed E-state index contributed by atoms with van der Waals surface area (Å²) in [7, 11) is 0. The van der Waals surface area contributed by atoms with Gasteiger partial charge in [-0.1, -0.05) is 6.92 Å². The van der Waals surface area contributed by atoms with Gasteiger partial charge in [0.05, 0.1) is 18.1 Å². The van der Waals surface area contributed by atoms with E-state index in [1.54, 1.807) is 11.8 Å². The standard InChI is InChI=1S/C16H25N3O3/c1-11(2)22-15(20)12(3)10-17-16(21)19-9-8-18-7-5-6-14(18)13(19)4/h5-7,11-13H,8-10H2,1-4H3,(H,17,21)/t12-,13-/m0/s1. The van der Waals surface area contributed by atoms with Crippen LogP contribution in [0.2, 0.25) is 0 Å². The molecule has 1 N–H and O–H groups in total. The van der Waals surface area contributed by atoms with Crippen molar-refractivity contribution >= 4 is 12.0 Å². The molecule has 2 atom stereocenters. The monoisotopic (exact) mass is 307 g/mol. The summed E-state index contributed by atoms with van der Waals surface area (Å²) >= 11 is 0. The molecular weight excluding hydrogens is 282 g/mol. The van der Waals surface area contributed by atoms with E-state index in [9.17, 15) is 9.59 Å². The Morgan fingerprint density at radius 3 is 2.77 bits per heavy atom. The summed E-state index contributed by atoms with van der Waals surface area (Å²) in [6.45, 7) is 9.15. The molecule has 0 unspecified atom stereocenters. The molecule has 2 heterocycles. The Bertz CT molecular complexity index is 538. The molecule has 0 aliphatic carbocycles. The zero-order chi connectivity index (χ0) is 16.3. The highest BCUT2D eigenvalue weighted by molar-refractivity contribution is 5.77. The lowest BCUT2D eigenvalue weighted by atomic mass is 10.1. The van der Waals surface area contributed by atoms with E-state index in [4.69, 9.17) is 4.74 Å². The first-order chi connectivity index (χ1) is 10.4. The predicted octanol–water partition coefficient (Wildman–Crippen LogP) is 2.16. The lowest BCUT2D eigenvalue weighted by Crippen LogP contribution is -2.47. The molecule has 6 heteroatoms. The maximum Gasteiger partial charge on any atom is 0.318 e. The van der Waals surface area contributed by atoms with Gasteiger partial charge in [-0.3, -0.25) is 4.79 Å². The normalized spacial score (nSPS) is 18.8. The van der Waals surface area contributed by atoms with Crippen molar-refractivity contribution in [2.75, 3.05) is 13.1 Å². The fraction of sp³-hybridized carbons (Fsp3) is 0.625. The van der Waals surface area contributed by atoms with Gasteiger partial charge in [0.2, 0.25) is 0 Å². The van der Waals surface area contributed by atoms with Gasteiger partial charge in [-0.05, 0) is 32.9 Å². The lowest BCUT2D eigenvalue weighted by molar-refractivity contribution is -0.151. The Hall–Kier alpha value is -1.98. The summed E-state index contributed by atoms with van der Waals surface area (Å²) in [6, 6.07) is 3.93. The number of urea groups is 1. The Balaban J connectivity index is 1.87. The van der Waals surface area contributed by atoms with Gasteiger partial charge in [0.25, 0.3) is 0 Å². The van der Waals surface area contributed by atoms with Crippen LogP contribution in [0.5, 0.6) is 0 Å². The Labute approximate surface area is 131 Å². The zero-order valence-electron chi connectivity index (χ0n) is 13.7. The van der Waals surface area contributed by atoms with Gasteiger partial charge in [-0.2, -0.15) is 0 Å². The summed E-state index contributed by atoms with van der Waals surface area (Å²) in [6.07, 6.45) is 1.89. The largest absolute Gasteiger partial charge is 0.463 e. The number of hydrogen-bond acceptors (Lipinski definition) is 3. The highest BCUT2D eigenvalue weighted by Gasteiger charge is 2.28. The van der Waals surface area contributed by atoms with E-state index < -0.39 is 0 Å². The summed E-state index contributed by atoms with van der Waals surface area (Å²) in [5.74, 6) is -0.633. The van der Waals surface area contributed by atoms with Crippen molar-refractivity contribution in [1.82, 2.24) is 14.8 Å². The van der Waals surface area contributed by atoms with Crippen molar-refractivity contribution in [2.45, 2.75) is 46.4 Å². The van der Waals surface area contributed by atoms with Crippen molar-refractivity contribution in [3.8, 4) is 0 Å². The Morgan fingerprint density at radius 2 is 2.09 bits per heavy atom. The van der Waals surface area contributed by atoms with Crippen LogP contribution in [0.3, 0.4) is 0 Å². The number of nitrogens with zero attached hydrogens (tertiary/aromatic N) is 2. The molecule has 0 radical (unpaired) electrons. The number of amides is 2. The molecule has 6 nitrogen and oxygen atoms in total. The number of aromatic nitrogens is 1. The summed E-state index contributed by atoms with van der Waals surface area (Å²) < 4.78 is 7.30. The molecule has 2 amide bonds. The quantitative estimate of drug-likeness (QED) is 0.867. The second-order valence-electron chi connectivity index (χ2n) is 6.07. The average molecular weight is 307 g/mol. The summed E-state index contributed by atoms with van der Waals surface area (Å²) in [5.41, 5.74) is 1.13. The van der Waals surface area contributed by atoms with Crippen LogP contribution in [0, 0.1) is 5.92 Å². The lowest BCUT2D eigenvalue weighted by Gasteiger charge is -2.35. The second-order valence-corrected chi connectivity index (χ2v) is 6.07. The van der Waals surface area contributed by atoms with E-state index in [-0.39, 0.29) is 36.6 Å². The first-order valence-electron chi connectivity index (χ1n) is 7.80. The van der Waals surface area contributed by atoms with Crippen LogP contribution < -0.4 is 5.32 Å². The van der Waals surface area contributed by atoms with Crippen molar-refractivity contribution in [3.05, 3.63) is 24.0 Å². The molecule has 0 fully saturated rings. The SMILES string of the molecule is CC(C)OC(=O)[C@@H](C)CNC(=O)N1CCn2cccc2[C@@H]1C. The van der Waals surface area contributed by atoms with Crippen LogP contribution in [-0.4, -0.2) is 40.7 Å². The van der Waals surface area contributed by atoms with Crippen LogP contribution >= 0.6 is 0 Å². The maximum absolute atomic E-state index is 12.3. The smallest absolute Gasteiger partial charge is 0.318 e. The van der Waals surface area contributed by atoms with E-state index in [1.807, 2.05) is 39.1 Å². The minimum absolute atomic E-state index is 0.0293. The van der Waals surface area contributed by atoms with Crippen molar-refractivity contribution in [2.24, 2.45) is 5.92 Å². The molecule has 0 saturated heterocycles. The van der Waals surface area contributed by atoms with Gasteiger partial charge in [-0.25, -0.2) is 4.79 Å². The van der Waals surface area contributed by atoms with Gasteiger partial charge >= 0.3 is 12.0 Å². The highest BCUT2D eigenvalue weighted by atomic mass is 16.5. The third kappa shape index (κ3) is 3.61. The van der Waals surface area contributed by atoms with Crippen molar-refractivity contribution in [1.29, 1.82) is 0 Å². The van der Waals surface area contributed by atoms with Gasteiger partial charge in [0.1, 0.15) is 0 Å². The second kappa shape index (κ2) is 6.85. The molecule has 122 valence electrons. The van der Waals surface area contributed by atoms with Gasteiger partial charge in [0.15, 0.2) is 0 Å². The van der Waals surface area contributed by atoms with Gasteiger partial charge in [-0.15, -0.1) is 0 Å². The molecule has 0 bridgehead atoms. The fourth-order valence-corrected chi connectivity index (χ4v) is 2.63. The molecular formula is C16H25N3O3.